The van der Waals surface area contributed by atoms with Crippen LogP contribution in [0, 0.1) is 11.3 Å². The van der Waals surface area contributed by atoms with Crippen LogP contribution in [-0.4, -0.2) is 5.78 Å². The maximum Gasteiger partial charge on any atom is 0.162 e. The molecule has 0 unspecified atom stereocenters. The van der Waals surface area contributed by atoms with Crippen LogP contribution in [0.4, 0.5) is 0 Å². The van der Waals surface area contributed by atoms with Crippen molar-refractivity contribution in [2.45, 2.75) is 31.6 Å². The molecule has 1 aliphatic heterocycles. The number of allylic oxidation sites excluding steroid dienone is 4. The van der Waals surface area contributed by atoms with Crippen LogP contribution in [-0.2, 0) is 4.79 Å². The normalized spacial score (nSPS) is 22.2. The molecular weight excluding hydrogens is 400 g/mol. The van der Waals surface area contributed by atoms with Gasteiger partial charge in [0.2, 0.25) is 0 Å². The zero-order valence-electron chi connectivity index (χ0n) is 15.0. The van der Waals surface area contributed by atoms with Crippen molar-refractivity contribution < 1.29 is 4.79 Å². The summed E-state index contributed by atoms with van der Waals surface area (Å²) in [5.41, 5.74) is 5.30. The van der Waals surface area contributed by atoms with Gasteiger partial charge in [-0.3, -0.25) is 4.79 Å². The van der Waals surface area contributed by atoms with Gasteiger partial charge in [-0.1, -0.05) is 64.5 Å². The molecule has 4 heteroatoms. The molecule has 134 valence electrons. The minimum absolute atomic E-state index is 0.124. The van der Waals surface area contributed by atoms with Crippen molar-refractivity contribution in [2.24, 2.45) is 0 Å². The first-order valence-electron chi connectivity index (χ1n) is 9.03. The molecule has 27 heavy (non-hydrogen) atoms. The number of hydrogen-bond donors (Lipinski definition) is 1. The van der Waals surface area contributed by atoms with E-state index in [2.05, 4.69) is 39.4 Å². The second-order valence-electron chi connectivity index (χ2n) is 7.06. The number of ketones is 1. The van der Waals surface area contributed by atoms with Crippen molar-refractivity contribution in [2.75, 3.05) is 0 Å². The molecule has 3 nitrogen and oxygen atoms in total. The van der Waals surface area contributed by atoms with Gasteiger partial charge in [-0.25, -0.2) is 0 Å². The highest BCUT2D eigenvalue weighted by molar-refractivity contribution is 9.10. The Labute approximate surface area is 167 Å². The molecule has 0 aromatic heterocycles. The van der Waals surface area contributed by atoms with Crippen molar-refractivity contribution in [3.05, 3.63) is 92.7 Å². The van der Waals surface area contributed by atoms with E-state index in [-0.39, 0.29) is 17.6 Å². The molecule has 4 rings (SSSR count). The van der Waals surface area contributed by atoms with Gasteiger partial charge in [-0.05, 0) is 36.5 Å². The Morgan fingerprint density at radius 1 is 1.07 bits per heavy atom. The van der Waals surface area contributed by atoms with Crippen LogP contribution < -0.4 is 5.32 Å². The minimum Gasteiger partial charge on any atom is -0.361 e. The van der Waals surface area contributed by atoms with E-state index in [9.17, 15) is 10.1 Å². The number of dihydropyridines is 1. The summed E-state index contributed by atoms with van der Waals surface area (Å²) in [6.45, 7) is 1.92. The Kier molecular flexibility index (Phi) is 4.72. The number of hydrogen-bond acceptors (Lipinski definition) is 3. The molecule has 0 fully saturated rings. The molecule has 1 heterocycles. The zero-order valence-corrected chi connectivity index (χ0v) is 16.6. The number of halogens is 1. The Morgan fingerprint density at radius 2 is 1.78 bits per heavy atom. The maximum atomic E-state index is 13.2. The van der Waals surface area contributed by atoms with Gasteiger partial charge in [-0.2, -0.15) is 5.26 Å². The molecule has 2 aromatic rings. The average Bonchev–Trinajstić information content (AvgIpc) is 2.68. The summed E-state index contributed by atoms with van der Waals surface area (Å²) in [6, 6.07) is 20.4. The SMILES string of the molecule is CC1=C(C#N)[C@H](c2ccccc2Br)C2=C(C[C@@H](c3ccccc3)CC2=O)N1. The third kappa shape index (κ3) is 3.13. The van der Waals surface area contributed by atoms with Gasteiger partial charge in [0.05, 0.1) is 17.6 Å². The fourth-order valence-corrected chi connectivity index (χ4v) is 4.68. The molecule has 0 radical (unpaired) electrons. The first-order chi connectivity index (χ1) is 13.1. The molecule has 2 aromatic carbocycles. The monoisotopic (exact) mass is 418 g/mol. The fraction of sp³-hybridized carbons (Fsp3) is 0.217. The Hall–Kier alpha value is -2.64. The second kappa shape index (κ2) is 7.17. The number of rotatable bonds is 2. The zero-order chi connectivity index (χ0) is 19.0. The Bertz CT molecular complexity index is 1010. The van der Waals surface area contributed by atoms with E-state index in [0.29, 0.717) is 12.0 Å². The summed E-state index contributed by atoms with van der Waals surface area (Å²) in [6.07, 6.45) is 1.26. The van der Waals surface area contributed by atoms with Crippen molar-refractivity contribution in [3.63, 3.8) is 0 Å². The van der Waals surface area contributed by atoms with E-state index in [1.165, 1.54) is 5.56 Å². The molecular formula is C23H19BrN2O. The summed E-state index contributed by atoms with van der Waals surface area (Å²) in [7, 11) is 0. The first kappa shape index (κ1) is 17.8. The third-order valence-electron chi connectivity index (χ3n) is 5.44. The van der Waals surface area contributed by atoms with Crippen molar-refractivity contribution >= 4 is 21.7 Å². The number of Topliss-reactive ketones (excluding diaryl/α,β-unsaturated/α-hetero) is 1. The lowest BCUT2D eigenvalue weighted by molar-refractivity contribution is -0.116. The lowest BCUT2D eigenvalue weighted by Crippen LogP contribution is -2.33. The van der Waals surface area contributed by atoms with E-state index in [0.717, 1.165) is 33.4 Å². The first-order valence-corrected chi connectivity index (χ1v) is 9.83. The number of carbonyl (C=O) groups excluding carboxylic acids is 1. The summed E-state index contributed by atoms with van der Waals surface area (Å²) in [4.78, 5) is 13.2. The molecule has 1 N–H and O–H groups in total. The molecule has 0 saturated heterocycles. The van der Waals surface area contributed by atoms with Gasteiger partial charge in [0.15, 0.2) is 5.78 Å². The summed E-state index contributed by atoms with van der Waals surface area (Å²) >= 11 is 3.61. The standard InChI is InChI=1S/C23H19BrN2O/c1-14-18(13-25)22(17-9-5-6-10-19(17)24)23-20(26-14)11-16(12-21(23)27)15-7-3-2-4-8-15/h2-10,16,22,26H,11-12H2,1H3/t16-,22+/m1/s1. The highest BCUT2D eigenvalue weighted by Crippen LogP contribution is 2.46. The van der Waals surface area contributed by atoms with Gasteiger partial charge in [0, 0.05) is 27.9 Å². The van der Waals surface area contributed by atoms with Crippen LogP contribution in [0.15, 0.2) is 81.6 Å². The number of nitrogens with zero attached hydrogens (tertiary/aromatic N) is 1. The molecule has 0 bridgehead atoms. The van der Waals surface area contributed by atoms with E-state index in [1.54, 1.807) is 0 Å². The summed E-state index contributed by atoms with van der Waals surface area (Å²) in [5, 5.41) is 13.2. The summed E-state index contributed by atoms with van der Waals surface area (Å²) in [5.74, 6) is -0.0223. The highest BCUT2D eigenvalue weighted by Gasteiger charge is 2.39. The third-order valence-corrected chi connectivity index (χ3v) is 6.16. The predicted octanol–water partition coefficient (Wildman–Crippen LogP) is 5.33. The molecule has 0 spiro atoms. The minimum atomic E-state index is -0.314. The van der Waals surface area contributed by atoms with Crippen LogP contribution in [0.2, 0.25) is 0 Å². The van der Waals surface area contributed by atoms with E-state index in [1.807, 2.05) is 49.4 Å². The summed E-state index contributed by atoms with van der Waals surface area (Å²) < 4.78 is 0.919. The Balaban J connectivity index is 1.82. The van der Waals surface area contributed by atoms with Crippen molar-refractivity contribution in [1.82, 2.24) is 5.32 Å². The molecule has 2 aliphatic rings. The van der Waals surface area contributed by atoms with Crippen LogP contribution in [0.25, 0.3) is 0 Å². The highest BCUT2D eigenvalue weighted by atomic mass is 79.9. The van der Waals surface area contributed by atoms with Gasteiger partial charge in [0.1, 0.15) is 0 Å². The maximum absolute atomic E-state index is 13.2. The van der Waals surface area contributed by atoms with Gasteiger partial charge in [0.25, 0.3) is 0 Å². The molecule has 0 saturated carbocycles. The van der Waals surface area contributed by atoms with Gasteiger partial charge in [-0.15, -0.1) is 0 Å². The number of carbonyl (C=O) groups is 1. The van der Waals surface area contributed by atoms with Crippen LogP contribution >= 0.6 is 15.9 Å². The molecule has 1 aliphatic carbocycles. The van der Waals surface area contributed by atoms with Gasteiger partial charge < -0.3 is 5.32 Å². The van der Waals surface area contributed by atoms with Crippen LogP contribution in [0.5, 0.6) is 0 Å². The topological polar surface area (TPSA) is 52.9 Å². The lowest BCUT2D eigenvalue weighted by atomic mass is 9.72. The second-order valence-corrected chi connectivity index (χ2v) is 7.92. The fourth-order valence-electron chi connectivity index (χ4n) is 4.17. The lowest BCUT2D eigenvalue weighted by Gasteiger charge is -2.36. The molecule has 0 amide bonds. The van der Waals surface area contributed by atoms with Crippen LogP contribution in [0.3, 0.4) is 0 Å². The van der Waals surface area contributed by atoms with Crippen molar-refractivity contribution in [1.29, 1.82) is 5.26 Å². The molecule has 2 atom stereocenters. The smallest absolute Gasteiger partial charge is 0.162 e. The quantitative estimate of drug-likeness (QED) is 0.716. The van der Waals surface area contributed by atoms with E-state index >= 15 is 0 Å². The van der Waals surface area contributed by atoms with E-state index < -0.39 is 0 Å². The average molecular weight is 419 g/mol. The Morgan fingerprint density at radius 3 is 2.48 bits per heavy atom. The van der Waals surface area contributed by atoms with E-state index in [4.69, 9.17) is 0 Å². The number of benzene rings is 2. The van der Waals surface area contributed by atoms with Crippen LogP contribution in [0.1, 0.15) is 42.7 Å². The number of nitrogens with one attached hydrogen (secondary N) is 1. The van der Waals surface area contributed by atoms with Gasteiger partial charge >= 0.3 is 0 Å². The van der Waals surface area contributed by atoms with Crippen molar-refractivity contribution in [3.8, 4) is 6.07 Å². The largest absolute Gasteiger partial charge is 0.361 e. The predicted molar refractivity (Wildman–Crippen MR) is 109 cm³/mol. The number of nitriles is 1.